The van der Waals surface area contributed by atoms with E-state index in [1.165, 1.54) is 6.42 Å². The van der Waals surface area contributed by atoms with Gasteiger partial charge in [0.2, 0.25) is 5.91 Å². The molecular formula is C19H30ClN3O2. The number of rotatable bonds is 8. The first kappa shape index (κ1) is 20.0. The third-order valence-corrected chi connectivity index (χ3v) is 4.72. The first-order valence-corrected chi connectivity index (χ1v) is 9.51. The maximum atomic E-state index is 12.7. The molecule has 0 radical (unpaired) electrons. The fraction of sp³-hybridized carbons (Fsp3) is 0.632. The quantitative estimate of drug-likeness (QED) is 0.764. The number of carbonyl (C=O) groups excluding carboxylic acids is 1. The number of benzene rings is 1. The summed E-state index contributed by atoms with van der Waals surface area (Å²) in [5.74, 6) is 0.706. The summed E-state index contributed by atoms with van der Waals surface area (Å²) >= 11 is 6.29. The number of likely N-dealkylation sites (tertiary alicyclic amines) is 1. The Morgan fingerprint density at radius 3 is 2.88 bits per heavy atom. The lowest BCUT2D eigenvalue weighted by Crippen LogP contribution is -2.47. The van der Waals surface area contributed by atoms with Crippen LogP contribution in [-0.2, 0) is 4.79 Å². The molecule has 1 aliphatic rings. The number of nitrogens with zero attached hydrogens (tertiary/aromatic N) is 2. The Bertz CT molecular complexity index is 564. The topological polar surface area (TPSA) is 44.8 Å². The summed E-state index contributed by atoms with van der Waals surface area (Å²) in [5, 5.41) is 3.53. The van der Waals surface area contributed by atoms with Gasteiger partial charge in [0.25, 0.3) is 0 Å². The van der Waals surface area contributed by atoms with Crippen LogP contribution < -0.4 is 10.1 Å². The first-order valence-electron chi connectivity index (χ1n) is 9.13. The second kappa shape index (κ2) is 10.00. The van der Waals surface area contributed by atoms with Crippen LogP contribution >= 0.6 is 11.6 Å². The van der Waals surface area contributed by atoms with Crippen LogP contribution in [0.5, 0.6) is 5.75 Å². The molecule has 1 aromatic carbocycles. The molecule has 0 bridgehead atoms. The number of likely N-dealkylation sites (N-methyl/N-ethyl adjacent to an activating group) is 1. The number of hydrogen-bond donors (Lipinski definition) is 1. The van der Waals surface area contributed by atoms with Crippen LogP contribution in [-0.4, -0.2) is 62.1 Å². The maximum Gasteiger partial charge on any atom is 0.241 e. The summed E-state index contributed by atoms with van der Waals surface area (Å²) in [7, 11) is 3.99. The van der Waals surface area contributed by atoms with Crippen molar-refractivity contribution in [1.29, 1.82) is 0 Å². The van der Waals surface area contributed by atoms with Crippen LogP contribution in [0.3, 0.4) is 0 Å². The maximum absolute atomic E-state index is 12.7. The fourth-order valence-corrected chi connectivity index (χ4v) is 3.34. The van der Waals surface area contributed by atoms with Gasteiger partial charge in [0.1, 0.15) is 12.4 Å². The SMILES string of the molecule is CCCN1CCCCC1C(=O)Nc1ccc(OCCN(C)C)c(Cl)c1. The highest BCUT2D eigenvalue weighted by Crippen LogP contribution is 2.28. The van der Waals surface area contributed by atoms with E-state index in [9.17, 15) is 4.79 Å². The van der Waals surface area contributed by atoms with Gasteiger partial charge in [0.05, 0.1) is 11.1 Å². The van der Waals surface area contributed by atoms with Crippen molar-refractivity contribution >= 4 is 23.2 Å². The first-order chi connectivity index (χ1) is 12.0. The minimum atomic E-state index is -0.0384. The Kier molecular flexibility index (Phi) is 8.00. The highest BCUT2D eigenvalue weighted by Gasteiger charge is 2.28. The molecule has 1 saturated heterocycles. The van der Waals surface area contributed by atoms with Crippen LogP contribution in [0.15, 0.2) is 18.2 Å². The van der Waals surface area contributed by atoms with Gasteiger partial charge < -0.3 is 15.0 Å². The van der Waals surface area contributed by atoms with E-state index in [4.69, 9.17) is 16.3 Å². The zero-order chi connectivity index (χ0) is 18.2. The average Bonchev–Trinajstić information content (AvgIpc) is 2.57. The number of nitrogens with one attached hydrogen (secondary N) is 1. The number of amides is 1. The zero-order valence-corrected chi connectivity index (χ0v) is 16.3. The molecule has 1 aliphatic heterocycles. The van der Waals surface area contributed by atoms with Crippen molar-refractivity contribution in [3.05, 3.63) is 23.2 Å². The van der Waals surface area contributed by atoms with Crippen molar-refractivity contribution in [1.82, 2.24) is 9.80 Å². The lowest BCUT2D eigenvalue weighted by Gasteiger charge is -2.34. The van der Waals surface area contributed by atoms with Gasteiger partial charge in [-0.05, 0) is 64.6 Å². The summed E-state index contributed by atoms with van der Waals surface area (Å²) in [6.07, 6.45) is 4.27. The van der Waals surface area contributed by atoms with Gasteiger partial charge in [-0.2, -0.15) is 0 Å². The van der Waals surface area contributed by atoms with E-state index in [-0.39, 0.29) is 11.9 Å². The molecule has 140 valence electrons. The molecule has 1 amide bonds. The largest absolute Gasteiger partial charge is 0.491 e. The third-order valence-electron chi connectivity index (χ3n) is 4.42. The molecule has 25 heavy (non-hydrogen) atoms. The predicted molar refractivity (Wildman–Crippen MR) is 104 cm³/mol. The van der Waals surface area contributed by atoms with Gasteiger partial charge in [-0.15, -0.1) is 0 Å². The van der Waals surface area contributed by atoms with Crippen LogP contribution in [0.1, 0.15) is 32.6 Å². The van der Waals surface area contributed by atoms with E-state index in [0.717, 1.165) is 44.6 Å². The van der Waals surface area contributed by atoms with Gasteiger partial charge in [-0.1, -0.05) is 24.9 Å². The molecule has 0 aliphatic carbocycles. The lowest BCUT2D eigenvalue weighted by molar-refractivity contribution is -0.122. The molecule has 1 heterocycles. The van der Waals surface area contributed by atoms with Crippen molar-refractivity contribution in [3.63, 3.8) is 0 Å². The highest BCUT2D eigenvalue weighted by molar-refractivity contribution is 6.32. The van der Waals surface area contributed by atoms with E-state index in [2.05, 4.69) is 22.0 Å². The van der Waals surface area contributed by atoms with Gasteiger partial charge >= 0.3 is 0 Å². The monoisotopic (exact) mass is 367 g/mol. The molecule has 1 N–H and O–H groups in total. The Hall–Kier alpha value is -1.30. The molecule has 1 unspecified atom stereocenters. The van der Waals surface area contributed by atoms with Crippen molar-refractivity contribution in [3.8, 4) is 5.75 Å². The van der Waals surface area contributed by atoms with Crippen molar-refractivity contribution in [2.75, 3.05) is 45.7 Å². The number of carbonyl (C=O) groups is 1. The minimum Gasteiger partial charge on any atom is -0.491 e. The van der Waals surface area contributed by atoms with Gasteiger partial charge in [0.15, 0.2) is 0 Å². The summed E-state index contributed by atoms with van der Waals surface area (Å²) in [5.41, 5.74) is 0.719. The molecule has 5 nitrogen and oxygen atoms in total. The smallest absolute Gasteiger partial charge is 0.241 e. The van der Waals surface area contributed by atoms with E-state index >= 15 is 0 Å². The van der Waals surface area contributed by atoms with E-state index in [0.29, 0.717) is 17.4 Å². The molecule has 0 spiro atoms. The standard InChI is InChI=1S/C19H30ClN3O2/c1-4-10-23-11-6-5-7-17(23)19(24)21-15-8-9-18(16(20)14-15)25-13-12-22(2)3/h8-9,14,17H,4-7,10-13H2,1-3H3,(H,21,24). The van der Waals surface area contributed by atoms with Gasteiger partial charge in [0, 0.05) is 12.2 Å². The number of hydrogen-bond acceptors (Lipinski definition) is 4. The van der Waals surface area contributed by atoms with Crippen LogP contribution in [0.4, 0.5) is 5.69 Å². The summed E-state index contributed by atoms with van der Waals surface area (Å²) in [6.45, 7) is 5.53. The van der Waals surface area contributed by atoms with E-state index < -0.39 is 0 Å². The van der Waals surface area contributed by atoms with E-state index in [1.807, 2.05) is 26.2 Å². The second-order valence-electron chi connectivity index (χ2n) is 6.83. The van der Waals surface area contributed by atoms with Gasteiger partial charge in [-0.3, -0.25) is 9.69 Å². The molecule has 1 fully saturated rings. The number of anilines is 1. The highest BCUT2D eigenvalue weighted by atomic mass is 35.5. The number of halogens is 1. The second-order valence-corrected chi connectivity index (χ2v) is 7.24. The van der Waals surface area contributed by atoms with Crippen LogP contribution in [0.2, 0.25) is 5.02 Å². The fourth-order valence-electron chi connectivity index (χ4n) is 3.10. The molecule has 1 atom stereocenters. The normalized spacial score (nSPS) is 18.4. The molecular weight excluding hydrogens is 338 g/mol. The Balaban J connectivity index is 1.95. The molecule has 0 saturated carbocycles. The molecule has 6 heteroatoms. The van der Waals surface area contributed by atoms with Gasteiger partial charge in [-0.25, -0.2) is 0 Å². The Labute approximate surface area is 156 Å². The van der Waals surface area contributed by atoms with Crippen molar-refractivity contribution in [2.45, 2.75) is 38.6 Å². The lowest BCUT2D eigenvalue weighted by atomic mass is 10.0. The van der Waals surface area contributed by atoms with E-state index in [1.54, 1.807) is 6.07 Å². The zero-order valence-electron chi connectivity index (χ0n) is 15.6. The third kappa shape index (κ3) is 6.17. The van der Waals surface area contributed by atoms with Crippen LogP contribution in [0.25, 0.3) is 0 Å². The number of piperidine rings is 1. The Morgan fingerprint density at radius 1 is 1.40 bits per heavy atom. The van der Waals surface area contributed by atoms with Crippen molar-refractivity contribution < 1.29 is 9.53 Å². The van der Waals surface area contributed by atoms with Crippen LogP contribution in [0, 0.1) is 0 Å². The minimum absolute atomic E-state index is 0.0384. The number of ether oxygens (including phenoxy) is 1. The molecule has 0 aromatic heterocycles. The summed E-state index contributed by atoms with van der Waals surface area (Å²) < 4.78 is 5.68. The predicted octanol–water partition coefficient (Wildman–Crippen LogP) is 3.48. The molecule has 1 aromatic rings. The van der Waals surface area contributed by atoms with Crippen molar-refractivity contribution in [2.24, 2.45) is 0 Å². The Morgan fingerprint density at radius 2 is 2.20 bits per heavy atom. The summed E-state index contributed by atoms with van der Waals surface area (Å²) in [6, 6.07) is 5.39. The summed E-state index contributed by atoms with van der Waals surface area (Å²) in [4.78, 5) is 17.0. The average molecular weight is 368 g/mol. The molecule has 2 rings (SSSR count).